The zero-order valence-electron chi connectivity index (χ0n) is 12.6. The van der Waals surface area contributed by atoms with Crippen molar-refractivity contribution in [2.75, 3.05) is 13.7 Å². The summed E-state index contributed by atoms with van der Waals surface area (Å²) >= 11 is 0. The number of halogens is 2. The molecule has 2 saturated carbocycles. The number of hydrogen-bond acceptors (Lipinski definition) is 3. The van der Waals surface area contributed by atoms with Gasteiger partial charge >= 0.3 is 0 Å². The van der Waals surface area contributed by atoms with Crippen molar-refractivity contribution in [3.05, 3.63) is 17.8 Å². The van der Waals surface area contributed by atoms with E-state index in [1.54, 1.807) is 7.11 Å². The van der Waals surface area contributed by atoms with E-state index in [1.807, 2.05) is 12.1 Å². The molecule has 3 nitrogen and oxygen atoms in total. The summed E-state index contributed by atoms with van der Waals surface area (Å²) in [5, 5.41) is 0. The van der Waals surface area contributed by atoms with Crippen molar-refractivity contribution in [3.63, 3.8) is 0 Å². The van der Waals surface area contributed by atoms with Gasteiger partial charge < -0.3 is 9.47 Å². The van der Waals surface area contributed by atoms with Crippen LogP contribution in [-0.2, 0) is 0 Å². The minimum absolute atomic E-state index is 0.217. The molecule has 2 aliphatic carbocycles. The fourth-order valence-electron chi connectivity index (χ4n) is 3.28. The van der Waals surface area contributed by atoms with E-state index in [9.17, 15) is 8.78 Å². The van der Waals surface area contributed by atoms with E-state index in [0.717, 1.165) is 5.69 Å². The van der Waals surface area contributed by atoms with Gasteiger partial charge in [0.25, 0.3) is 11.8 Å². The van der Waals surface area contributed by atoms with Gasteiger partial charge in [0.2, 0.25) is 0 Å². The third-order valence-corrected chi connectivity index (χ3v) is 4.65. The highest BCUT2D eigenvalue weighted by Crippen LogP contribution is 2.65. The van der Waals surface area contributed by atoms with Crippen LogP contribution in [0.15, 0.2) is 12.1 Å². The Morgan fingerprint density at radius 1 is 1.29 bits per heavy atom. The van der Waals surface area contributed by atoms with E-state index in [1.165, 1.54) is 0 Å². The van der Waals surface area contributed by atoms with Crippen LogP contribution in [0.5, 0.6) is 11.6 Å². The van der Waals surface area contributed by atoms with Crippen LogP contribution >= 0.6 is 0 Å². The maximum Gasteiger partial charge on any atom is 0.256 e. The molecule has 0 bridgehead atoms. The Labute approximate surface area is 123 Å². The number of fused-ring (bicyclic) bond motifs is 1. The Balaban J connectivity index is 1.59. The lowest BCUT2D eigenvalue weighted by Crippen LogP contribution is -2.15. The largest absolute Gasteiger partial charge is 0.488 e. The van der Waals surface area contributed by atoms with Gasteiger partial charge in [-0.1, -0.05) is 13.8 Å². The lowest BCUT2D eigenvalue weighted by atomic mass is 10.0. The summed E-state index contributed by atoms with van der Waals surface area (Å²) in [6, 6.07) is 3.77. The molecule has 3 rings (SSSR count). The van der Waals surface area contributed by atoms with Gasteiger partial charge in [0.15, 0.2) is 5.75 Å². The molecule has 1 aromatic rings. The fraction of sp³-hybridized carbons (Fsp3) is 0.688. The molecule has 116 valence electrons. The zero-order valence-corrected chi connectivity index (χ0v) is 12.6. The second kappa shape index (κ2) is 5.11. The Bertz CT molecular complexity index is 519. The molecule has 2 aliphatic rings. The number of pyridine rings is 1. The highest BCUT2D eigenvalue weighted by atomic mass is 19.3. The molecule has 2 unspecified atom stereocenters. The van der Waals surface area contributed by atoms with Gasteiger partial charge in [-0.15, -0.1) is 0 Å². The first kappa shape index (κ1) is 14.5. The summed E-state index contributed by atoms with van der Waals surface area (Å²) in [6.45, 7) is 4.59. The van der Waals surface area contributed by atoms with Crippen molar-refractivity contribution >= 4 is 0 Å². The fourth-order valence-corrected chi connectivity index (χ4v) is 3.28. The minimum atomic E-state index is -2.41. The predicted molar refractivity (Wildman–Crippen MR) is 75.0 cm³/mol. The summed E-state index contributed by atoms with van der Waals surface area (Å²) in [5.74, 6) is -1.63. The van der Waals surface area contributed by atoms with E-state index in [-0.39, 0.29) is 5.92 Å². The summed E-state index contributed by atoms with van der Waals surface area (Å²) < 4.78 is 37.3. The van der Waals surface area contributed by atoms with Crippen molar-refractivity contribution in [1.29, 1.82) is 0 Å². The van der Waals surface area contributed by atoms with Crippen molar-refractivity contribution in [1.82, 2.24) is 4.98 Å². The van der Waals surface area contributed by atoms with Gasteiger partial charge in [0, 0.05) is 17.5 Å². The lowest BCUT2D eigenvalue weighted by Gasteiger charge is -2.17. The molecule has 0 amide bonds. The first-order valence-electron chi connectivity index (χ1n) is 7.49. The van der Waals surface area contributed by atoms with Crippen LogP contribution in [0.2, 0.25) is 0 Å². The zero-order chi connectivity index (χ0) is 15.2. The average molecular weight is 297 g/mol. The van der Waals surface area contributed by atoms with Gasteiger partial charge in [-0.3, -0.25) is 0 Å². The second-order valence-corrected chi connectivity index (χ2v) is 6.43. The number of aromatic nitrogens is 1. The van der Waals surface area contributed by atoms with Crippen molar-refractivity contribution < 1.29 is 18.3 Å². The third kappa shape index (κ3) is 2.58. The monoisotopic (exact) mass is 297 g/mol. The number of hydrogen-bond donors (Lipinski definition) is 0. The Kier molecular flexibility index (Phi) is 3.54. The summed E-state index contributed by atoms with van der Waals surface area (Å²) in [4.78, 5) is 4.42. The van der Waals surface area contributed by atoms with Crippen LogP contribution in [0.25, 0.3) is 0 Å². The van der Waals surface area contributed by atoms with E-state index in [2.05, 4.69) is 18.8 Å². The highest BCUT2D eigenvalue weighted by Gasteiger charge is 2.71. The van der Waals surface area contributed by atoms with Gasteiger partial charge in [-0.25, -0.2) is 13.8 Å². The lowest BCUT2D eigenvalue weighted by molar-refractivity contribution is 0.0578. The number of methoxy groups -OCH3 is 1. The van der Waals surface area contributed by atoms with Gasteiger partial charge in [-0.2, -0.15) is 0 Å². The molecule has 0 N–H and O–H groups in total. The molecule has 1 heterocycles. The van der Waals surface area contributed by atoms with Gasteiger partial charge in [-0.05, 0) is 36.8 Å². The maximum absolute atomic E-state index is 13.1. The Morgan fingerprint density at radius 3 is 2.52 bits per heavy atom. The van der Waals surface area contributed by atoms with Crippen molar-refractivity contribution in [2.45, 2.75) is 38.5 Å². The summed E-state index contributed by atoms with van der Waals surface area (Å²) in [7, 11) is 1.56. The van der Waals surface area contributed by atoms with Gasteiger partial charge in [0.1, 0.15) is 0 Å². The standard InChI is InChI=1S/C16H21F2NO2/c1-9(2)13-4-5-14(15(19-13)20-3)21-8-10-6-11-12(7-10)16(11,17)18/h4-5,9-12H,6-8H2,1-3H3. The van der Waals surface area contributed by atoms with Crippen LogP contribution in [0, 0.1) is 17.8 Å². The number of rotatable bonds is 5. The van der Waals surface area contributed by atoms with Crippen LogP contribution in [0.1, 0.15) is 38.3 Å². The predicted octanol–water partition coefficient (Wildman–Crippen LogP) is 3.88. The molecular weight excluding hydrogens is 276 g/mol. The molecule has 0 aromatic carbocycles. The molecule has 1 aromatic heterocycles. The van der Waals surface area contributed by atoms with Gasteiger partial charge in [0.05, 0.1) is 13.7 Å². The average Bonchev–Trinajstić information content (AvgIpc) is 2.81. The summed E-state index contributed by atoms with van der Waals surface area (Å²) in [5.41, 5.74) is 0.945. The first-order chi connectivity index (χ1) is 9.93. The Morgan fingerprint density at radius 2 is 1.95 bits per heavy atom. The first-order valence-corrected chi connectivity index (χ1v) is 7.49. The van der Waals surface area contributed by atoms with Crippen LogP contribution in [0.4, 0.5) is 8.78 Å². The minimum Gasteiger partial charge on any atom is -0.488 e. The smallest absolute Gasteiger partial charge is 0.256 e. The Hall–Kier alpha value is -1.39. The SMILES string of the molecule is COc1nc(C(C)C)ccc1OCC1CC2C(C1)C2(F)F. The molecule has 21 heavy (non-hydrogen) atoms. The van der Waals surface area contributed by atoms with Crippen molar-refractivity contribution in [3.8, 4) is 11.6 Å². The molecular formula is C16H21F2NO2. The molecule has 2 atom stereocenters. The number of ether oxygens (including phenoxy) is 2. The van der Waals surface area contributed by atoms with E-state index >= 15 is 0 Å². The topological polar surface area (TPSA) is 31.4 Å². The van der Waals surface area contributed by atoms with Crippen LogP contribution < -0.4 is 9.47 Å². The molecule has 2 fully saturated rings. The van der Waals surface area contributed by atoms with E-state index in [0.29, 0.717) is 37.0 Å². The molecule has 0 saturated heterocycles. The third-order valence-electron chi connectivity index (χ3n) is 4.65. The number of nitrogens with zero attached hydrogens (tertiary/aromatic N) is 1. The van der Waals surface area contributed by atoms with Crippen LogP contribution in [-0.4, -0.2) is 24.6 Å². The molecule has 0 radical (unpaired) electrons. The van der Waals surface area contributed by atoms with E-state index < -0.39 is 17.8 Å². The quantitative estimate of drug-likeness (QED) is 0.826. The van der Waals surface area contributed by atoms with Crippen LogP contribution in [0.3, 0.4) is 0 Å². The molecule has 5 heteroatoms. The molecule has 0 aliphatic heterocycles. The second-order valence-electron chi connectivity index (χ2n) is 6.43. The highest BCUT2D eigenvalue weighted by molar-refractivity contribution is 5.35. The number of alkyl halides is 2. The van der Waals surface area contributed by atoms with Crippen molar-refractivity contribution in [2.24, 2.45) is 17.8 Å². The summed E-state index contributed by atoms with van der Waals surface area (Å²) in [6.07, 6.45) is 1.13. The van der Waals surface area contributed by atoms with E-state index in [4.69, 9.17) is 9.47 Å². The maximum atomic E-state index is 13.1. The normalized spacial score (nSPS) is 29.3. The molecule has 0 spiro atoms.